The Hall–Kier alpha value is -2.49. The van der Waals surface area contributed by atoms with Crippen molar-refractivity contribution in [3.8, 4) is 11.5 Å². The smallest absolute Gasteiger partial charge is 0.255 e. The van der Waals surface area contributed by atoms with E-state index in [1.54, 1.807) is 32.4 Å². The van der Waals surface area contributed by atoms with Crippen molar-refractivity contribution in [3.05, 3.63) is 59.2 Å². The van der Waals surface area contributed by atoms with Crippen LogP contribution in [0.3, 0.4) is 0 Å². The number of hydrogen-bond acceptors (Lipinski definition) is 3. The van der Waals surface area contributed by atoms with Gasteiger partial charge in [0.2, 0.25) is 0 Å². The van der Waals surface area contributed by atoms with Crippen molar-refractivity contribution in [2.45, 2.75) is 25.8 Å². The van der Waals surface area contributed by atoms with Gasteiger partial charge in [-0.15, -0.1) is 0 Å². The van der Waals surface area contributed by atoms with E-state index in [4.69, 9.17) is 9.47 Å². The van der Waals surface area contributed by atoms with Crippen LogP contribution in [0.5, 0.6) is 11.5 Å². The van der Waals surface area contributed by atoms with E-state index in [1.165, 1.54) is 5.56 Å². The van der Waals surface area contributed by atoms with Crippen molar-refractivity contribution < 1.29 is 14.3 Å². The Bertz CT molecular complexity index is 720. The van der Waals surface area contributed by atoms with Crippen LogP contribution in [0, 0.1) is 12.8 Å². The first-order valence-electron chi connectivity index (χ1n) is 8.22. The monoisotopic (exact) mass is 325 g/mol. The van der Waals surface area contributed by atoms with Gasteiger partial charge in [0.05, 0.1) is 25.8 Å². The number of methoxy groups -OCH3 is 2. The van der Waals surface area contributed by atoms with Crippen molar-refractivity contribution in [2.75, 3.05) is 14.2 Å². The average Bonchev–Trinajstić information content (AvgIpc) is 3.44. The highest BCUT2D eigenvalue weighted by molar-refractivity contribution is 5.98. The number of hydrogen-bond donors (Lipinski definition) is 1. The Labute approximate surface area is 142 Å². The van der Waals surface area contributed by atoms with E-state index < -0.39 is 0 Å². The first-order valence-corrected chi connectivity index (χ1v) is 8.22. The summed E-state index contributed by atoms with van der Waals surface area (Å²) >= 11 is 0. The number of carbonyl (C=O) groups is 1. The SMILES string of the molecule is COc1cccc(C(=O)NC(c2ccc(C)cc2)C2CC2)c1OC. The largest absolute Gasteiger partial charge is 0.493 e. The van der Waals surface area contributed by atoms with Gasteiger partial charge in [-0.25, -0.2) is 0 Å². The lowest BCUT2D eigenvalue weighted by Gasteiger charge is -2.20. The molecule has 0 aromatic heterocycles. The molecule has 0 spiro atoms. The van der Waals surface area contributed by atoms with Crippen molar-refractivity contribution in [1.82, 2.24) is 5.32 Å². The predicted molar refractivity (Wildman–Crippen MR) is 93.7 cm³/mol. The lowest BCUT2D eigenvalue weighted by atomic mass is 10.0. The van der Waals surface area contributed by atoms with Crippen LogP contribution in [-0.4, -0.2) is 20.1 Å². The first-order chi connectivity index (χ1) is 11.6. The maximum absolute atomic E-state index is 12.8. The molecule has 1 saturated carbocycles. The number of ether oxygens (including phenoxy) is 2. The van der Waals surface area contributed by atoms with Crippen LogP contribution in [-0.2, 0) is 0 Å². The van der Waals surface area contributed by atoms with E-state index in [2.05, 4.69) is 36.5 Å². The average molecular weight is 325 g/mol. The van der Waals surface area contributed by atoms with Gasteiger partial charge in [0.1, 0.15) is 0 Å². The van der Waals surface area contributed by atoms with E-state index in [9.17, 15) is 4.79 Å². The van der Waals surface area contributed by atoms with Gasteiger partial charge in [-0.3, -0.25) is 4.79 Å². The van der Waals surface area contributed by atoms with Crippen LogP contribution in [0.15, 0.2) is 42.5 Å². The van der Waals surface area contributed by atoms with Crippen molar-refractivity contribution in [1.29, 1.82) is 0 Å². The van der Waals surface area contributed by atoms with Crippen molar-refractivity contribution in [3.63, 3.8) is 0 Å². The number of nitrogens with one attached hydrogen (secondary N) is 1. The van der Waals surface area contributed by atoms with Crippen LogP contribution in [0.25, 0.3) is 0 Å². The highest BCUT2D eigenvalue weighted by atomic mass is 16.5. The summed E-state index contributed by atoms with van der Waals surface area (Å²) in [6.07, 6.45) is 2.29. The molecule has 0 bridgehead atoms. The quantitative estimate of drug-likeness (QED) is 0.876. The maximum Gasteiger partial charge on any atom is 0.255 e. The summed E-state index contributed by atoms with van der Waals surface area (Å²) < 4.78 is 10.7. The minimum atomic E-state index is -0.136. The predicted octanol–water partition coefficient (Wildman–Crippen LogP) is 3.89. The Balaban J connectivity index is 1.86. The third kappa shape index (κ3) is 3.37. The second kappa shape index (κ2) is 6.95. The highest BCUT2D eigenvalue weighted by Crippen LogP contribution is 2.41. The molecule has 0 saturated heterocycles. The van der Waals surface area contributed by atoms with Gasteiger partial charge >= 0.3 is 0 Å². The van der Waals surface area contributed by atoms with E-state index in [-0.39, 0.29) is 11.9 Å². The summed E-state index contributed by atoms with van der Waals surface area (Å²) in [4.78, 5) is 12.8. The van der Waals surface area contributed by atoms with Gasteiger partial charge in [0.15, 0.2) is 11.5 Å². The van der Waals surface area contributed by atoms with Gasteiger partial charge < -0.3 is 14.8 Å². The molecule has 1 N–H and O–H groups in total. The molecule has 0 heterocycles. The molecule has 2 aromatic carbocycles. The molecule has 1 atom stereocenters. The Kier molecular flexibility index (Phi) is 4.74. The van der Waals surface area contributed by atoms with E-state index in [0.717, 1.165) is 18.4 Å². The van der Waals surface area contributed by atoms with Crippen LogP contribution < -0.4 is 14.8 Å². The number of carbonyl (C=O) groups excluding carboxylic acids is 1. The Morgan fingerprint density at radius 1 is 1.08 bits per heavy atom. The lowest BCUT2D eigenvalue weighted by molar-refractivity contribution is 0.0928. The fourth-order valence-electron chi connectivity index (χ4n) is 2.96. The Morgan fingerprint density at radius 3 is 2.38 bits per heavy atom. The summed E-state index contributed by atoms with van der Waals surface area (Å²) in [5.74, 6) is 1.40. The summed E-state index contributed by atoms with van der Waals surface area (Å²) in [6.45, 7) is 2.07. The number of para-hydroxylation sites is 1. The molecule has 3 rings (SSSR count). The molecule has 4 nitrogen and oxygen atoms in total. The lowest BCUT2D eigenvalue weighted by Crippen LogP contribution is -2.30. The summed E-state index contributed by atoms with van der Waals surface area (Å²) in [7, 11) is 3.12. The third-order valence-electron chi connectivity index (χ3n) is 4.46. The molecule has 1 aliphatic rings. The second-order valence-electron chi connectivity index (χ2n) is 6.24. The first kappa shape index (κ1) is 16.4. The molecule has 0 radical (unpaired) electrons. The molecule has 1 fully saturated rings. The minimum absolute atomic E-state index is 0.0361. The maximum atomic E-state index is 12.8. The van der Waals surface area contributed by atoms with Crippen LogP contribution >= 0.6 is 0 Å². The van der Waals surface area contributed by atoms with Crippen LogP contribution in [0.4, 0.5) is 0 Å². The molecule has 1 amide bonds. The topological polar surface area (TPSA) is 47.6 Å². The van der Waals surface area contributed by atoms with Crippen molar-refractivity contribution in [2.24, 2.45) is 5.92 Å². The van der Waals surface area contributed by atoms with Gasteiger partial charge in [0.25, 0.3) is 5.91 Å². The zero-order valence-electron chi connectivity index (χ0n) is 14.3. The fraction of sp³-hybridized carbons (Fsp3) is 0.350. The molecule has 0 aliphatic heterocycles. The molecule has 24 heavy (non-hydrogen) atoms. The second-order valence-corrected chi connectivity index (χ2v) is 6.24. The fourth-order valence-corrected chi connectivity index (χ4v) is 2.96. The third-order valence-corrected chi connectivity index (χ3v) is 4.46. The highest BCUT2D eigenvalue weighted by Gasteiger charge is 2.34. The molecule has 126 valence electrons. The zero-order chi connectivity index (χ0) is 17.1. The van der Waals surface area contributed by atoms with Gasteiger partial charge in [0, 0.05) is 0 Å². The molecular formula is C20H23NO3. The summed E-state index contributed by atoms with van der Waals surface area (Å²) in [5, 5.41) is 3.18. The van der Waals surface area contributed by atoms with Crippen molar-refractivity contribution >= 4 is 5.91 Å². The normalized spacial score (nSPS) is 14.8. The molecule has 4 heteroatoms. The number of rotatable bonds is 6. The Morgan fingerprint density at radius 2 is 1.79 bits per heavy atom. The van der Waals surface area contributed by atoms with E-state index in [0.29, 0.717) is 23.0 Å². The van der Waals surface area contributed by atoms with E-state index >= 15 is 0 Å². The molecule has 2 aromatic rings. The van der Waals surface area contributed by atoms with E-state index in [1.807, 2.05) is 0 Å². The standard InChI is InChI=1S/C20H23NO3/c1-13-7-9-14(10-8-13)18(15-11-12-15)21-20(22)16-5-4-6-17(23-2)19(16)24-3/h4-10,15,18H,11-12H2,1-3H3,(H,21,22). The van der Waals surface area contributed by atoms with Gasteiger partial charge in [-0.2, -0.15) is 0 Å². The van der Waals surface area contributed by atoms with Crippen LogP contribution in [0.2, 0.25) is 0 Å². The molecular weight excluding hydrogens is 302 g/mol. The molecule has 1 aliphatic carbocycles. The number of aryl methyl sites for hydroxylation is 1. The summed E-state index contributed by atoms with van der Waals surface area (Å²) in [6, 6.07) is 13.8. The van der Waals surface area contributed by atoms with Gasteiger partial charge in [-0.1, -0.05) is 35.9 Å². The van der Waals surface area contributed by atoms with Gasteiger partial charge in [-0.05, 0) is 43.4 Å². The number of benzene rings is 2. The molecule has 1 unspecified atom stereocenters. The number of amides is 1. The summed E-state index contributed by atoms with van der Waals surface area (Å²) in [5.41, 5.74) is 2.86. The minimum Gasteiger partial charge on any atom is -0.493 e. The van der Waals surface area contributed by atoms with Crippen LogP contribution in [0.1, 0.15) is 40.4 Å². The zero-order valence-corrected chi connectivity index (χ0v) is 14.3.